The molecule has 18 heavy (non-hydrogen) atoms. The van der Waals surface area contributed by atoms with Gasteiger partial charge in [-0.25, -0.2) is 0 Å². The molecule has 0 heterocycles. The predicted octanol–water partition coefficient (Wildman–Crippen LogP) is 4.28. The van der Waals surface area contributed by atoms with E-state index in [1.54, 1.807) is 6.07 Å². The molecule has 3 nitrogen and oxygen atoms in total. The Labute approximate surface area is 114 Å². The molecule has 0 atom stereocenters. The van der Waals surface area contributed by atoms with Crippen LogP contribution in [-0.4, -0.2) is 4.92 Å². The lowest BCUT2D eigenvalue weighted by Crippen LogP contribution is -2.05. The first-order valence-electron chi connectivity index (χ1n) is 6.31. The largest absolute Gasteiger partial charge is 0.273 e. The molecule has 0 radical (unpaired) electrons. The molecular formula is C14H21NO2S. The molecule has 0 unspecified atom stereocenters. The highest BCUT2D eigenvalue weighted by atomic mass is 32.1. The third kappa shape index (κ3) is 3.73. The normalized spacial score (nSPS) is 11.3. The van der Waals surface area contributed by atoms with Crippen LogP contribution in [-0.2, 0) is 12.8 Å². The summed E-state index contributed by atoms with van der Waals surface area (Å²) >= 11 is 4.52. The highest BCUT2D eigenvalue weighted by Gasteiger charge is 2.19. The maximum atomic E-state index is 11.1. The topological polar surface area (TPSA) is 43.1 Å². The molecule has 0 spiro atoms. The Bertz CT molecular complexity index is 442. The van der Waals surface area contributed by atoms with Crippen molar-refractivity contribution in [3.63, 3.8) is 0 Å². The van der Waals surface area contributed by atoms with Crippen LogP contribution >= 0.6 is 12.6 Å². The van der Waals surface area contributed by atoms with Crippen molar-refractivity contribution in [3.8, 4) is 0 Å². The zero-order valence-corrected chi connectivity index (χ0v) is 12.3. The van der Waals surface area contributed by atoms with Crippen LogP contribution in [0.2, 0.25) is 0 Å². The fraction of sp³-hybridized carbons (Fsp3) is 0.571. The lowest BCUT2D eigenvalue weighted by atomic mass is 9.95. The van der Waals surface area contributed by atoms with E-state index in [0.717, 1.165) is 22.4 Å². The highest BCUT2D eigenvalue weighted by Crippen LogP contribution is 2.31. The third-order valence-electron chi connectivity index (χ3n) is 2.78. The molecular weight excluding hydrogens is 246 g/mol. The first-order valence-corrected chi connectivity index (χ1v) is 6.75. The molecule has 0 aliphatic rings. The van der Waals surface area contributed by atoms with Crippen LogP contribution in [0.5, 0.6) is 0 Å². The van der Waals surface area contributed by atoms with Crippen LogP contribution in [0.15, 0.2) is 17.0 Å². The van der Waals surface area contributed by atoms with Crippen molar-refractivity contribution >= 4 is 18.3 Å². The zero-order valence-electron chi connectivity index (χ0n) is 11.4. The van der Waals surface area contributed by atoms with Gasteiger partial charge in [-0.2, -0.15) is 0 Å². The molecule has 0 aliphatic heterocycles. The number of nitro groups is 1. The van der Waals surface area contributed by atoms with Gasteiger partial charge in [-0.05, 0) is 30.2 Å². The number of hydrogen-bond acceptors (Lipinski definition) is 3. The van der Waals surface area contributed by atoms with E-state index in [1.165, 1.54) is 0 Å². The summed E-state index contributed by atoms with van der Waals surface area (Å²) in [6.07, 6.45) is 1.60. The van der Waals surface area contributed by atoms with Crippen molar-refractivity contribution in [2.75, 3.05) is 0 Å². The van der Waals surface area contributed by atoms with Gasteiger partial charge in [-0.1, -0.05) is 33.8 Å². The Morgan fingerprint density at radius 2 is 1.72 bits per heavy atom. The van der Waals surface area contributed by atoms with E-state index in [4.69, 9.17) is 0 Å². The van der Waals surface area contributed by atoms with Crippen LogP contribution in [0.1, 0.15) is 38.8 Å². The molecule has 0 saturated carbocycles. The van der Waals surface area contributed by atoms with E-state index in [-0.39, 0.29) is 10.6 Å². The molecule has 0 amide bonds. The number of nitrogens with zero attached hydrogens (tertiary/aromatic N) is 1. The van der Waals surface area contributed by atoms with Gasteiger partial charge in [0.2, 0.25) is 0 Å². The fourth-order valence-electron chi connectivity index (χ4n) is 2.06. The lowest BCUT2D eigenvalue weighted by molar-refractivity contribution is -0.385. The van der Waals surface area contributed by atoms with Crippen molar-refractivity contribution in [1.29, 1.82) is 0 Å². The Hall–Kier alpha value is -1.03. The Morgan fingerprint density at radius 1 is 1.17 bits per heavy atom. The molecule has 0 bridgehead atoms. The summed E-state index contributed by atoms with van der Waals surface area (Å²) in [5.74, 6) is 0.896. The second-order valence-corrected chi connectivity index (χ2v) is 5.97. The number of thiol groups is 1. The van der Waals surface area contributed by atoms with Crippen molar-refractivity contribution < 1.29 is 4.92 Å². The minimum atomic E-state index is -0.309. The fourth-order valence-corrected chi connectivity index (χ4v) is 2.43. The second-order valence-electron chi connectivity index (χ2n) is 5.52. The van der Waals surface area contributed by atoms with E-state index in [1.807, 2.05) is 6.07 Å². The maximum Gasteiger partial charge on any atom is 0.273 e. The maximum absolute atomic E-state index is 11.1. The Kier molecular flexibility index (Phi) is 5.20. The Balaban J connectivity index is 3.25. The highest BCUT2D eigenvalue weighted by molar-refractivity contribution is 7.80. The lowest BCUT2D eigenvalue weighted by Gasteiger charge is -2.14. The summed E-state index contributed by atoms with van der Waals surface area (Å²) < 4.78 is 0. The van der Waals surface area contributed by atoms with E-state index in [9.17, 15) is 10.1 Å². The van der Waals surface area contributed by atoms with Gasteiger partial charge >= 0.3 is 0 Å². The summed E-state index contributed by atoms with van der Waals surface area (Å²) in [6, 6.07) is 3.46. The molecule has 1 rings (SSSR count). The van der Waals surface area contributed by atoms with Crippen LogP contribution in [0, 0.1) is 22.0 Å². The molecule has 1 aromatic rings. The molecule has 1 aromatic carbocycles. The zero-order chi connectivity index (χ0) is 13.9. The van der Waals surface area contributed by atoms with Crippen molar-refractivity contribution in [3.05, 3.63) is 33.4 Å². The average Bonchev–Trinajstić information content (AvgIpc) is 2.22. The molecule has 4 heteroatoms. The molecule has 0 saturated heterocycles. The standard InChI is InChI=1S/C14H21NO2S/c1-9(2)7-11-5-6-13(15(16)17)12(14(11)18)8-10(3)4/h5-6,9-10,18H,7-8H2,1-4H3. The van der Waals surface area contributed by atoms with Crippen molar-refractivity contribution in [2.45, 2.75) is 45.4 Å². The van der Waals surface area contributed by atoms with Gasteiger partial charge in [0.1, 0.15) is 0 Å². The Morgan fingerprint density at radius 3 is 2.17 bits per heavy atom. The summed E-state index contributed by atoms with van der Waals surface area (Å²) in [4.78, 5) is 11.5. The smallest absolute Gasteiger partial charge is 0.258 e. The van der Waals surface area contributed by atoms with Gasteiger partial charge in [-0.15, -0.1) is 12.6 Å². The van der Waals surface area contributed by atoms with Crippen LogP contribution in [0.3, 0.4) is 0 Å². The average molecular weight is 267 g/mol. The molecule has 0 aromatic heterocycles. The molecule has 0 aliphatic carbocycles. The van der Waals surface area contributed by atoms with Gasteiger partial charge in [0.25, 0.3) is 5.69 Å². The quantitative estimate of drug-likeness (QED) is 0.491. The van der Waals surface area contributed by atoms with E-state index in [0.29, 0.717) is 18.3 Å². The number of nitro benzene ring substituents is 1. The van der Waals surface area contributed by atoms with Gasteiger partial charge in [0.05, 0.1) is 4.92 Å². The summed E-state index contributed by atoms with van der Waals surface area (Å²) in [6.45, 7) is 8.39. The van der Waals surface area contributed by atoms with E-state index >= 15 is 0 Å². The number of hydrogen-bond donors (Lipinski definition) is 1. The first kappa shape index (κ1) is 15.0. The van der Waals surface area contributed by atoms with Crippen molar-refractivity contribution in [1.82, 2.24) is 0 Å². The summed E-state index contributed by atoms with van der Waals surface area (Å²) in [5, 5.41) is 11.1. The van der Waals surface area contributed by atoms with Crippen LogP contribution in [0.25, 0.3) is 0 Å². The SMILES string of the molecule is CC(C)Cc1ccc([N+](=O)[O-])c(CC(C)C)c1S. The molecule has 0 N–H and O–H groups in total. The molecule has 100 valence electrons. The minimum Gasteiger partial charge on any atom is -0.258 e. The van der Waals surface area contributed by atoms with Gasteiger partial charge in [0.15, 0.2) is 0 Å². The van der Waals surface area contributed by atoms with E-state index < -0.39 is 0 Å². The van der Waals surface area contributed by atoms with Gasteiger partial charge in [0, 0.05) is 16.5 Å². The number of benzene rings is 1. The summed E-state index contributed by atoms with van der Waals surface area (Å²) in [5.41, 5.74) is 2.08. The number of rotatable bonds is 5. The van der Waals surface area contributed by atoms with Gasteiger partial charge < -0.3 is 0 Å². The van der Waals surface area contributed by atoms with Crippen LogP contribution < -0.4 is 0 Å². The predicted molar refractivity (Wildman–Crippen MR) is 77.4 cm³/mol. The van der Waals surface area contributed by atoms with Crippen molar-refractivity contribution in [2.24, 2.45) is 11.8 Å². The van der Waals surface area contributed by atoms with E-state index in [2.05, 4.69) is 40.3 Å². The molecule has 0 fully saturated rings. The summed E-state index contributed by atoms with van der Waals surface area (Å²) in [7, 11) is 0. The second kappa shape index (κ2) is 6.23. The van der Waals surface area contributed by atoms with Crippen LogP contribution in [0.4, 0.5) is 5.69 Å². The minimum absolute atomic E-state index is 0.196. The first-order chi connectivity index (χ1) is 8.32. The monoisotopic (exact) mass is 267 g/mol. The third-order valence-corrected chi connectivity index (χ3v) is 3.34. The van der Waals surface area contributed by atoms with Gasteiger partial charge in [-0.3, -0.25) is 10.1 Å².